The van der Waals surface area contributed by atoms with Gasteiger partial charge in [-0.25, -0.2) is 0 Å². The monoisotopic (exact) mass is 291 g/mol. The summed E-state index contributed by atoms with van der Waals surface area (Å²) >= 11 is 0. The standard InChI is InChI=1S/C18H29NO2/c1-3-20-17-9-4-5-10-18(17)21-14-13-19-16-8-6-7-15(2)11-12-16/h4-5,9-10,15-16,19H,3,6-8,11-14H2,1-2H3. The van der Waals surface area contributed by atoms with E-state index < -0.39 is 0 Å². The van der Waals surface area contributed by atoms with Crippen LogP contribution in [0.4, 0.5) is 0 Å². The van der Waals surface area contributed by atoms with Gasteiger partial charge in [0.05, 0.1) is 6.61 Å². The van der Waals surface area contributed by atoms with Gasteiger partial charge in [-0.2, -0.15) is 0 Å². The summed E-state index contributed by atoms with van der Waals surface area (Å²) in [5.74, 6) is 2.57. The van der Waals surface area contributed by atoms with Gasteiger partial charge in [0, 0.05) is 12.6 Å². The Labute approximate surface area is 129 Å². The van der Waals surface area contributed by atoms with E-state index in [2.05, 4.69) is 12.2 Å². The van der Waals surface area contributed by atoms with Crippen LogP contribution in [0, 0.1) is 5.92 Å². The van der Waals surface area contributed by atoms with E-state index in [4.69, 9.17) is 9.47 Å². The van der Waals surface area contributed by atoms with Gasteiger partial charge >= 0.3 is 0 Å². The highest BCUT2D eigenvalue weighted by atomic mass is 16.5. The van der Waals surface area contributed by atoms with Crippen LogP contribution >= 0.6 is 0 Å². The van der Waals surface area contributed by atoms with Crippen LogP contribution in [0.2, 0.25) is 0 Å². The Balaban J connectivity index is 1.69. The quantitative estimate of drug-likeness (QED) is 0.608. The van der Waals surface area contributed by atoms with E-state index in [1.807, 2.05) is 31.2 Å². The molecule has 118 valence electrons. The molecule has 0 heterocycles. The normalized spacial score (nSPS) is 22.6. The smallest absolute Gasteiger partial charge is 0.161 e. The summed E-state index contributed by atoms with van der Waals surface area (Å²) in [7, 11) is 0. The van der Waals surface area contributed by atoms with Crippen molar-refractivity contribution in [3.05, 3.63) is 24.3 Å². The summed E-state index contributed by atoms with van der Waals surface area (Å²) in [5.41, 5.74) is 0. The molecule has 0 aromatic heterocycles. The minimum Gasteiger partial charge on any atom is -0.490 e. The van der Waals surface area contributed by atoms with Crippen LogP contribution in [0.25, 0.3) is 0 Å². The van der Waals surface area contributed by atoms with E-state index in [1.165, 1.54) is 32.1 Å². The van der Waals surface area contributed by atoms with Gasteiger partial charge in [0.25, 0.3) is 0 Å². The predicted octanol–water partition coefficient (Wildman–Crippen LogP) is 4.02. The summed E-state index contributed by atoms with van der Waals surface area (Å²) in [4.78, 5) is 0. The molecule has 3 heteroatoms. The third kappa shape index (κ3) is 5.58. The second-order valence-electron chi connectivity index (χ2n) is 5.99. The molecule has 2 atom stereocenters. The second kappa shape index (κ2) is 8.93. The average molecular weight is 291 g/mol. The average Bonchev–Trinajstić information content (AvgIpc) is 2.70. The summed E-state index contributed by atoms with van der Waals surface area (Å²) in [5, 5.41) is 3.64. The van der Waals surface area contributed by atoms with Crippen molar-refractivity contribution in [2.24, 2.45) is 5.92 Å². The SMILES string of the molecule is CCOc1ccccc1OCCNC1CCCC(C)CC1. The van der Waals surface area contributed by atoms with Crippen molar-refractivity contribution in [1.82, 2.24) is 5.32 Å². The zero-order chi connectivity index (χ0) is 14.9. The van der Waals surface area contributed by atoms with E-state index in [0.717, 1.165) is 24.0 Å². The maximum absolute atomic E-state index is 5.85. The van der Waals surface area contributed by atoms with Crippen molar-refractivity contribution < 1.29 is 9.47 Å². The number of hydrogen-bond donors (Lipinski definition) is 1. The highest BCUT2D eigenvalue weighted by Gasteiger charge is 2.15. The van der Waals surface area contributed by atoms with Gasteiger partial charge in [-0.15, -0.1) is 0 Å². The Bertz CT molecular complexity index is 408. The van der Waals surface area contributed by atoms with Crippen LogP contribution in [0.3, 0.4) is 0 Å². The van der Waals surface area contributed by atoms with E-state index in [1.54, 1.807) is 0 Å². The number of hydrogen-bond acceptors (Lipinski definition) is 3. The molecule has 2 rings (SSSR count). The predicted molar refractivity (Wildman–Crippen MR) is 87.1 cm³/mol. The number of benzene rings is 1. The summed E-state index contributed by atoms with van der Waals surface area (Å²) < 4.78 is 11.4. The van der Waals surface area contributed by atoms with E-state index >= 15 is 0 Å². The number of para-hydroxylation sites is 2. The lowest BCUT2D eigenvalue weighted by Gasteiger charge is -2.17. The summed E-state index contributed by atoms with van der Waals surface area (Å²) in [6.45, 7) is 6.62. The van der Waals surface area contributed by atoms with E-state index in [0.29, 0.717) is 19.3 Å². The first kappa shape index (κ1) is 16.2. The topological polar surface area (TPSA) is 30.5 Å². The molecule has 1 N–H and O–H groups in total. The molecule has 0 spiro atoms. The van der Waals surface area contributed by atoms with Crippen molar-refractivity contribution in [2.45, 2.75) is 52.0 Å². The second-order valence-corrected chi connectivity index (χ2v) is 5.99. The molecule has 1 aliphatic carbocycles. The lowest BCUT2D eigenvalue weighted by molar-refractivity contribution is 0.269. The maximum atomic E-state index is 5.85. The molecule has 1 saturated carbocycles. The van der Waals surface area contributed by atoms with Crippen LogP contribution in [-0.2, 0) is 0 Å². The lowest BCUT2D eigenvalue weighted by atomic mass is 10.0. The lowest BCUT2D eigenvalue weighted by Crippen LogP contribution is -2.32. The molecule has 1 fully saturated rings. The van der Waals surface area contributed by atoms with Crippen molar-refractivity contribution in [2.75, 3.05) is 19.8 Å². The Morgan fingerprint density at radius 1 is 1.05 bits per heavy atom. The van der Waals surface area contributed by atoms with E-state index in [-0.39, 0.29) is 0 Å². The fourth-order valence-corrected chi connectivity index (χ4v) is 2.96. The van der Waals surface area contributed by atoms with Crippen molar-refractivity contribution >= 4 is 0 Å². The fourth-order valence-electron chi connectivity index (χ4n) is 2.96. The van der Waals surface area contributed by atoms with Crippen molar-refractivity contribution in [3.63, 3.8) is 0 Å². The Hall–Kier alpha value is -1.22. The molecule has 0 saturated heterocycles. The molecule has 2 unspecified atom stereocenters. The highest BCUT2D eigenvalue weighted by molar-refractivity contribution is 5.39. The zero-order valence-electron chi connectivity index (χ0n) is 13.4. The van der Waals surface area contributed by atoms with Gasteiger partial charge in [-0.1, -0.05) is 31.9 Å². The zero-order valence-corrected chi connectivity index (χ0v) is 13.4. The van der Waals surface area contributed by atoms with Gasteiger partial charge in [-0.3, -0.25) is 0 Å². The Morgan fingerprint density at radius 3 is 2.57 bits per heavy atom. The minimum absolute atomic E-state index is 0.666. The molecule has 1 aromatic carbocycles. The minimum atomic E-state index is 0.666. The highest BCUT2D eigenvalue weighted by Crippen LogP contribution is 2.26. The first-order valence-corrected chi connectivity index (χ1v) is 8.37. The summed E-state index contributed by atoms with van der Waals surface area (Å²) in [6, 6.07) is 8.55. The largest absolute Gasteiger partial charge is 0.490 e. The molecule has 0 amide bonds. The molecule has 0 aliphatic heterocycles. The molecule has 3 nitrogen and oxygen atoms in total. The van der Waals surface area contributed by atoms with Crippen LogP contribution < -0.4 is 14.8 Å². The van der Waals surface area contributed by atoms with Gasteiger partial charge in [-0.05, 0) is 44.2 Å². The van der Waals surface area contributed by atoms with Crippen molar-refractivity contribution in [1.29, 1.82) is 0 Å². The molecule has 0 radical (unpaired) electrons. The van der Waals surface area contributed by atoms with Crippen LogP contribution in [0.5, 0.6) is 11.5 Å². The van der Waals surface area contributed by atoms with Crippen molar-refractivity contribution in [3.8, 4) is 11.5 Å². The molecular weight excluding hydrogens is 262 g/mol. The maximum Gasteiger partial charge on any atom is 0.161 e. The molecular formula is C18H29NO2. The number of nitrogens with one attached hydrogen (secondary N) is 1. The van der Waals surface area contributed by atoms with Gasteiger partial charge in [0.1, 0.15) is 6.61 Å². The van der Waals surface area contributed by atoms with Crippen LogP contribution in [0.15, 0.2) is 24.3 Å². The third-order valence-electron chi connectivity index (χ3n) is 4.20. The number of rotatable bonds is 7. The van der Waals surface area contributed by atoms with E-state index in [9.17, 15) is 0 Å². The molecule has 1 aromatic rings. The van der Waals surface area contributed by atoms with Gasteiger partial charge in [0.15, 0.2) is 11.5 Å². The number of ether oxygens (including phenoxy) is 2. The molecule has 21 heavy (non-hydrogen) atoms. The van der Waals surface area contributed by atoms with Crippen LogP contribution in [0.1, 0.15) is 46.0 Å². The summed E-state index contributed by atoms with van der Waals surface area (Å²) in [6.07, 6.45) is 6.70. The fraction of sp³-hybridized carbons (Fsp3) is 0.667. The Morgan fingerprint density at radius 2 is 1.81 bits per heavy atom. The molecule has 0 bridgehead atoms. The first-order chi connectivity index (χ1) is 10.3. The first-order valence-electron chi connectivity index (χ1n) is 8.37. The third-order valence-corrected chi connectivity index (χ3v) is 4.20. The van der Waals surface area contributed by atoms with Gasteiger partial charge < -0.3 is 14.8 Å². The molecule has 1 aliphatic rings. The van der Waals surface area contributed by atoms with Gasteiger partial charge in [0.2, 0.25) is 0 Å². The Kier molecular flexibility index (Phi) is 6.87. The van der Waals surface area contributed by atoms with Crippen LogP contribution in [-0.4, -0.2) is 25.8 Å².